The minimum absolute atomic E-state index is 0.0122. The average Bonchev–Trinajstić information content (AvgIpc) is 3.04. The molecule has 1 saturated heterocycles. The molecule has 1 aromatic heterocycles. The number of aliphatic hydroxyl groups excluding tert-OH is 1. The zero-order chi connectivity index (χ0) is 17.9. The molecule has 0 unspecified atom stereocenters. The first kappa shape index (κ1) is 17.9. The van der Waals surface area contributed by atoms with Crippen LogP contribution in [-0.4, -0.2) is 59.2 Å². The molecule has 1 fully saturated rings. The number of oxazole rings is 1. The van der Waals surface area contributed by atoms with E-state index in [-0.39, 0.29) is 18.1 Å². The highest BCUT2D eigenvalue weighted by Gasteiger charge is 2.34. The Kier molecular flexibility index (Phi) is 5.41. The lowest BCUT2D eigenvalue weighted by Crippen LogP contribution is -2.46. The molecule has 5 nitrogen and oxygen atoms in total. The van der Waals surface area contributed by atoms with Crippen LogP contribution in [0.15, 0.2) is 34.9 Å². The van der Waals surface area contributed by atoms with Crippen LogP contribution in [-0.2, 0) is 12.7 Å². The summed E-state index contributed by atoms with van der Waals surface area (Å²) < 4.78 is 44.6. The molecule has 1 N–H and O–H groups in total. The highest BCUT2D eigenvalue weighted by Crippen LogP contribution is 2.36. The zero-order valence-corrected chi connectivity index (χ0v) is 13.7. The molecule has 0 atom stereocenters. The normalized spacial score (nSPS) is 17.1. The fourth-order valence-corrected chi connectivity index (χ4v) is 2.96. The van der Waals surface area contributed by atoms with Crippen LogP contribution in [0.25, 0.3) is 11.5 Å². The standard InChI is InChI=1S/C17H20F3N3O2/c18-17(19,20)15-4-2-1-3-14(15)16-21-13(12-25-16)11-23-7-5-22(6-8-23)9-10-24/h1-4,12,24H,5-11H2. The number of halogens is 3. The molecular weight excluding hydrogens is 335 g/mol. The summed E-state index contributed by atoms with van der Waals surface area (Å²) in [4.78, 5) is 8.58. The minimum Gasteiger partial charge on any atom is -0.444 e. The van der Waals surface area contributed by atoms with Crippen molar-refractivity contribution in [3.8, 4) is 11.5 Å². The van der Waals surface area contributed by atoms with E-state index in [1.165, 1.54) is 24.5 Å². The molecule has 1 aromatic carbocycles. The van der Waals surface area contributed by atoms with E-state index < -0.39 is 11.7 Å². The third kappa shape index (κ3) is 4.39. The average molecular weight is 355 g/mol. The second-order valence-electron chi connectivity index (χ2n) is 6.03. The summed E-state index contributed by atoms with van der Waals surface area (Å²) in [6, 6.07) is 5.28. The van der Waals surface area contributed by atoms with Gasteiger partial charge in [0.05, 0.1) is 17.9 Å². The van der Waals surface area contributed by atoms with Crippen molar-refractivity contribution in [1.82, 2.24) is 14.8 Å². The van der Waals surface area contributed by atoms with Crippen LogP contribution >= 0.6 is 0 Å². The number of hydrogen-bond donors (Lipinski definition) is 1. The number of piperazine rings is 1. The van der Waals surface area contributed by atoms with Gasteiger partial charge in [0.2, 0.25) is 5.89 Å². The maximum absolute atomic E-state index is 13.1. The number of β-amino-alcohol motifs (C(OH)–C–C–N with tert-alkyl or cyclic N) is 1. The SMILES string of the molecule is OCCN1CCN(Cc2coc(-c3ccccc3C(F)(F)F)n2)CC1. The lowest BCUT2D eigenvalue weighted by Gasteiger charge is -2.33. The Labute approximate surface area is 143 Å². The van der Waals surface area contributed by atoms with E-state index in [0.29, 0.717) is 18.8 Å². The number of aliphatic hydroxyl groups is 1. The van der Waals surface area contributed by atoms with Crippen molar-refractivity contribution in [2.24, 2.45) is 0 Å². The van der Waals surface area contributed by atoms with E-state index in [0.717, 1.165) is 32.2 Å². The van der Waals surface area contributed by atoms with E-state index in [1.54, 1.807) is 0 Å². The van der Waals surface area contributed by atoms with Gasteiger partial charge < -0.3 is 9.52 Å². The van der Waals surface area contributed by atoms with E-state index in [9.17, 15) is 13.2 Å². The van der Waals surface area contributed by atoms with Crippen molar-refractivity contribution >= 4 is 0 Å². The summed E-state index contributed by atoms with van der Waals surface area (Å²) in [6.45, 7) is 4.68. The summed E-state index contributed by atoms with van der Waals surface area (Å²) in [7, 11) is 0. The van der Waals surface area contributed by atoms with Gasteiger partial charge in [-0.1, -0.05) is 12.1 Å². The van der Waals surface area contributed by atoms with Crippen LogP contribution in [0, 0.1) is 0 Å². The van der Waals surface area contributed by atoms with Crippen LogP contribution in [0.3, 0.4) is 0 Å². The predicted molar refractivity (Wildman–Crippen MR) is 85.7 cm³/mol. The molecule has 8 heteroatoms. The van der Waals surface area contributed by atoms with Crippen molar-refractivity contribution in [2.75, 3.05) is 39.3 Å². The van der Waals surface area contributed by atoms with Crippen LogP contribution in [0.5, 0.6) is 0 Å². The van der Waals surface area contributed by atoms with E-state index in [4.69, 9.17) is 9.52 Å². The maximum atomic E-state index is 13.1. The highest BCUT2D eigenvalue weighted by molar-refractivity contribution is 5.59. The van der Waals surface area contributed by atoms with Gasteiger partial charge in [-0.3, -0.25) is 9.80 Å². The summed E-state index contributed by atoms with van der Waals surface area (Å²) in [5.41, 5.74) is -0.183. The molecule has 2 heterocycles. The lowest BCUT2D eigenvalue weighted by molar-refractivity contribution is -0.137. The largest absolute Gasteiger partial charge is 0.444 e. The third-order valence-corrected chi connectivity index (χ3v) is 4.28. The van der Waals surface area contributed by atoms with Crippen molar-refractivity contribution < 1.29 is 22.7 Å². The molecule has 1 aliphatic rings. The summed E-state index contributed by atoms with van der Waals surface area (Å²) in [6.07, 6.45) is -3.03. The molecule has 0 spiro atoms. The number of aromatic nitrogens is 1. The van der Waals surface area contributed by atoms with E-state index >= 15 is 0 Å². The Balaban J connectivity index is 1.68. The van der Waals surface area contributed by atoms with Gasteiger partial charge in [-0.25, -0.2) is 4.98 Å². The number of hydrogen-bond acceptors (Lipinski definition) is 5. The summed E-state index contributed by atoms with van der Waals surface area (Å²) in [5.74, 6) is -0.0122. The fourth-order valence-electron chi connectivity index (χ4n) is 2.96. The lowest BCUT2D eigenvalue weighted by atomic mass is 10.1. The summed E-state index contributed by atoms with van der Waals surface area (Å²) >= 11 is 0. The molecule has 0 saturated carbocycles. The van der Waals surface area contributed by atoms with Crippen LogP contribution in [0.2, 0.25) is 0 Å². The molecule has 2 aromatic rings. The first-order valence-electron chi connectivity index (χ1n) is 8.14. The topological polar surface area (TPSA) is 52.7 Å². The van der Waals surface area contributed by atoms with Gasteiger partial charge in [-0.15, -0.1) is 0 Å². The second-order valence-corrected chi connectivity index (χ2v) is 6.03. The number of nitrogens with zero attached hydrogens (tertiary/aromatic N) is 3. The fraction of sp³-hybridized carbons (Fsp3) is 0.471. The number of benzene rings is 1. The molecule has 0 amide bonds. The molecule has 0 aliphatic carbocycles. The molecule has 0 radical (unpaired) electrons. The molecular formula is C17H20F3N3O2. The van der Waals surface area contributed by atoms with Gasteiger partial charge in [-0.05, 0) is 12.1 Å². The smallest absolute Gasteiger partial charge is 0.417 e. The Morgan fingerprint density at radius 1 is 1.08 bits per heavy atom. The highest BCUT2D eigenvalue weighted by atomic mass is 19.4. The van der Waals surface area contributed by atoms with Gasteiger partial charge in [-0.2, -0.15) is 13.2 Å². The molecule has 1 aliphatic heterocycles. The van der Waals surface area contributed by atoms with Crippen molar-refractivity contribution in [3.63, 3.8) is 0 Å². The minimum atomic E-state index is -4.45. The Hall–Kier alpha value is -1.90. The van der Waals surface area contributed by atoms with Crippen molar-refractivity contribution in [3.05, 3.63) is 41.8 Å². The van der Waals surface area contributed by atoms with Gasteiger partial charge in [0, 0.05) is 44.8 Å². The Bertz CT molecular complexity index is 694. The molecule has 25 heavy (non-hydrogen) atoms. The van der Waals surface area contributed by atoms with E-state index in [1.807, 2.05) is 0 Å². The maximum Gasteiger partial charge on any atom is 0.417 e. The molecule has 0 bridgehead atoms. The quantitative estimate of drug-likeness (QED) is 0.893. The predicted octanol–water partition coefficient (Wildman–Crippen LogP) is 2.47. The monoisotopic (exact) mass is 355 g/mol. The van der Waals surface area contributed by atoms with Gasteiger partial charge in [0.1, 0.15) is 6.26 Å². The van der Waals surface area contributed by atoms with Gasteiger partial charge >= 0.3 is 6.18 Å². The van der Waals surface area contributed by atoms with Crippen LogP contribution in [0.1, 0.15) is 11.3 Å². The van der Waals surface area contributed by atoms with E-state index in [2.05, 4.69) is 14.8 Å². The van der Waals surface area contributed by atoms with Crippen LogP contribution in [0.4, 0.5) is 13.2 Å². The Morgan fingerprint density at radius 3 is 2.44 bits per heavy atom. The van der Waals surface area contributed by atoms with Crippen molar-refractivity contribution in [2.45, 2.75) is 12.7 Å². The molecule has 3 rings (SSSR count). The number of alkyl halides is 3. The summed E-state index contributed by atoms with van der Waals surface area (Å²) in [5, 5.41) is 8.95. The first-order valence-corrected chi connectivity index (χ1v) is 8.14. The van der Waals surface area contributed by atoms with Gasteiger partial charge in [0.15, 0.2) is 0 Å². The second kappa shape index (κ2) is 7.55. The Morgan fingerprint density at radius 2 is 1.76 bits per heavy atom. The van der Waals surface area contributed by atoms with Crippen LogP contribution < -0.4 is 0 Å². The van der Waals surface area contributed by atoms with Gasteiger partial charge in [0.25, 0.3) is 0 Å². The number of rotatable bonds is 5. The first-order chi connectivity index (χ1) is 12.0. The third-order valence-electron chi connectivity index (χ3n) is 4.28. The zero-order valence-electron chi connectivity index (χ0n) is 13.7. The van der Waals surface area contributed by atoms with Crippen molar-refractivity contribution in [1.29, 1.82) is 0 Å². The molecule has 136 valence electrons.